The van der Waals surface area contributed by atoms with Gasteiger partial charge in [-0.15, -0.1) is 0 Å². The topological polar surface area (TPSA) is 104 Å². The lowest BCUT2D eigenvalue weighted by molar-refractivity contribution is -0.142. The third kappa shape index (κ3) is 5.40. The molecule has 194 valence electrons. The second-order valence-corrected chi connectivity index (χ2v) is 10.7. The molecule has 0 spiro atoms. The van der Waals surface area contributed by atoms with Crippen LogP contribution < -0.4 is 10.6 Å². The second-order valence-electron chi connectivity index (χ2n) is 10.7. The Morgan fingerprint density at radius 2 is 1.86 bits per heavy atom. The molecule has 7 atom stereocenters. The standard InChI is InChI=1S/C27H34F2N4O3/c1-15(25(35)32-13-17-10-18(28)12-19(29)11-17)20-4-6-27(3)7-5-21(16(2)23(27)24(20)34)33-26(36)22-14-30-8-9-31-22/h8-12,14-16,20-21,23-24,34H,4-7,13H2,1-3H3,(H,32,35)(H,33,36)/t15-,16+,20+,21-,23+,24-,27-/m0/s1. The van der Waals surface area contributed by atoms with Gasteiger partial charge in [0.25, 0.3) is 5.91 Å². The first-order chi connectivity index (χ1) is 17.1. The zero-order chi connectivity index (χ0) is 26.0. The molecule has 1 aromatic heterocycles. The van der Waals surface area contributed by atoms with Gasteiger partial charge in [0.1, 0.15) is 17.3 Å². The third-order valence-electron chi connectivity index (χ3n) is 8.44. The van der Waals surface area contributed by atoms with Gasteiger partial charge in [-0.25, -0.2) is 13.8 Å². The van der Waals surface area contributed by atoms with Crippen LogP contribution in [0.5, 0.6) is 0 Å². The SMILES string of the molecule is C[C@H]1[C@@H]2[C@@H](O)[C@@H]([C@H](C)C(=O)NCc3cc(F)cc(F)c3)CC[C@@]2(C)CC[C@@H]1NC(=O)c1cnccn1. The summed E-state index contributed by atoms with van der Waals surface area (Å²) in [5, 5.41) is 17.4. The Morgan fingerprint density at radius 1 is 1.17 bits per heavy atom. The van der Waals surface area contributed by atoms with Crippen LogP contribution in [0, 0.1) is 40.7 Å². The predicted molar refractivity (Wildman–Crippen MR) is 129 cm³/mol. The minimum absolute atomic E-state index is 0.00676. The summed E-state index contributed by atoms with van der Waals surface area (Å²) in [5.41, 5.74) is 0.509. The highest BCUT2D eigenvalue weighted by Gasteiger charge is 2.53. The highest BCUT2D eigenvalue weighted by Crippen LogP contribution is 2.55. The molecule has 2 aromatic rings. The number of aromatic nitrogens is 2. The molecule has 36 heavy (non-hydrogen) atoms. The number of carbonyl (C=O) groups is 2. The van der Waals surface area contributed by atoms with Crippen molar-refractivity contribution < 1.29 is 23.5 Å². The Balaban J connectivity index is 1.42. The number of nitrogens with one attached hydrogen (secondary N) is 2. The van der Waals surface area contributed by atoms with E-state index in [0.717, 1.165) is 25.3 Å². The van der Waals surface area contributed by atoms with E-state index in [1.807, 2.05) is 0 Å². The second kappa shape index (κ2) is 10.6. The zero-order valence-electron chi connectivity index (χ0n) is 20.9. The molecule has 3 N–H and O–H groups in total. The molecular formula is C27H34F2N4O3. The molecule has 2 aliphatic carbocycles. The summed E-state index contributed by atoms with van der Waals surface area (Å²) in [5.74, 6) is -2.77. The summed E-state index contributed by atoms with van der Waals surface area (Å²) >= 11 is 0. The number of fused-ring (bicyclic) bond motifs is 1. The van der Waals surface area contributed by atoms with Gasteiger partial charge in [-0.1, -0.05) is 20.8 Å². The van der Waals surface area contributed by atoms with Crippen molar-refractivity contribution in [3.8, 4) is 0 Å². The van der Waals surface area contributed by atoms with Gasteiger partial charge in [0.05, 0.1) is 12.3 Å². The molecule has 0 unspecified atom stereocenters. The smallest absolute Gasteiger partial charge is 0.271 e. The Kier molecular flexibility index (Phi) is 7.68. The van der Waals surface area contributed by atoms with Crippen molar-refractivity contribution in [3.05, 3.63) is 59.7 Å². The van der Waals surface area contributed by atoms with E-state index in [9.17, 15) is 23.5 Å². The molecule has 4 rings (SSSR count). The van der Waals surface area contributed by atoms with E-state index in [4.69, 9.17) is 0 Å². The van der Waals surface area contributed by atoms with Gasteiger partial charge >= 0.3 is 0 Å². The lowest BCUT2D eigenvalue weighted by atomic mass is 9.51. The van der Waals surface area contributed by atoms with Crippen LogP contribution in [0.4, 0.5) is 8.78 Å². The molecule has 0 bridgehead atoms. The number of aliphatic hydroxyl groups is 1. The number of hydrogen-bond donors (Lipinski definition) is 3. The fraction of sp³-hybridized carbons (Fsp3) is 0.556. The van der Waals surface area contributed by atoms with Crippen LogP contribution in [0.15, 0.2) is 36.8 Å². The fourth-order valence-corrected chi connectivity index (χ4v) is 6.41. The van der Waals surface area contributed by atoms with E-state index in [1.54, 1.807) is 6.92 Å². The van der Waals surface area contributed by atoms with E-state index in [-0.39, 0.29) is 53.3 Å². The first-order valence-electron chi connectivity index (χ1n) is 12.6. The maximum absolute atomic E-state index is 13.5. The first kappa shape index (κ1) is 26.1. The summed E-state index contributed by atoms with van der Waals surface area (Å²) in [7, 11) is 0. The number of rotatable bonds is 6. The minimum atomic E-state index is -0.720. The van der Waals surface area contributed by atoms with Crippen LogP contribution in [0.3, 0.4) is 0 Å². The highest BCUT2D eigenvalue weighted by molar-refractivity contribution is 5.92. The summed E-state index contributed by atoms with van der Waals surface area (Å²) in [6.07, 6.45) is 6.95. The maximum atomic E-state index is 13.5. The Bertz CT molecular complexity index is 1080. The minimum Gasteiger partial charge on any atom is -0.392 e. The Morgan fingerprint density at radius 3 is 2.53 bits per heavy atom. The van der Waals surface area contributed by atoms with Crippen molar-refractivity contribution in [2.45, 2.75) is 65.1 Å². The van der Waals surface area contributed by atoms with Crippen molar-refractivity contribution >= 4 is 11.8 Å². The van der Waals surface area contributed by atoms with Crippen LogP contribution in [-0.2, 0) is 11.3 Å². The van der Waals surface area contributed by atoms with Gasteiger partial charge in [0.15, 0.2) is 0 Å². The van der Waals surface area contributed by atoms with Crippen LogP contribution in [0.2, 0.25) is 0 Å². The predicted octanol–water partition coefficient (Wildman–Crippen LogP) is 3.63. The van der Waals surface area contributed by atoms with Crippen LogP contribution in [0.1, 0.15) is 62.5 Å². The van der Waals surface area contributed by atoms with Crippen molar-refractivity contribution in [2.24, 2.45) is 29.1 Å². The molecule has 2 amide bonds. The summed E-state index contributed by atoms with van der Waals surface area (Å²) < 4.78 is 26.9. The molecule has 1 aromatic carbocycles. The van der Waals surface area contributed by atoms with Crippen molar-refractivity contribution in [3.63, 3.8) is 0 Å². The van der Waals surface area contributed by atoms with Crippen molar-refractivity contribution in [1.82, 2.24) is 20.6 Å². The molecule has 2 aliphatic rings. The quantitative estimate of drug-likeness (QED) is 0.562. The van der Waals surface area contributed by atoms with Gasteiger partial charge in [0, 0.05) is 37.0 Å². The Labute approximate surface area is 210 Å². The van der Waals surface area contributed by atoms with E-state index in [0.29, 0.717) is 12.0 Å². The van der Waals surface area contributed by atoms with E-state index < -0.39 is 23.7 Å². The first-order valence-corrected chi connectivity index (χ1v) is 12.6. The number of benzene rings is 1. The fourth-order valence-electron chi connectivity index (χ4n) is 6.41. The number of aliphatic hydroxyl groups excluding tert-OH is 1. The number of nitrogens with zero attached hydrogens (tertiary/aromatic N) is 2. The molecule has 1 heterocycles. The molecule has 0 saturated heterocycles. The third-order valence-corrected chi connectivity index (χ3v) is 8.44. The molecular weight excluding hydrogens is 466 g/mol. The molecule has 0 radical (unpaired) electrons. The van der Waals surface area contributed by atoms with E-state index in [1.165, 1.54) is 30.7 Å². The van der Waals surface area contributed by atoms with Gasteiger partial charge in [0.2, 0.25) is 5.91 Å². The number of halogens is 2. The monoisotopic (exact) mass is 500 g/mol. The number of hydrogen-bond acceptors (Lipinski definition) is 5. The van der Waals surface area contributed by atoms with Gasteiger partial charge in [-0.05, 0) is 66.5 Å². The van der Waals surface area contributed by atoms with E-state index in [2.05, 4.69) is 34.4 Å². The zero-order valence-corrected chi connectivity index (χ0v) is 20.9. The van der Waals surface area contributed by atoms with Gasteiger partial charge in [-0.3, -0.25) is 14.6 Å². The summed E-state index contributed by atoms with van der Waals surface area (Å²) in [6.45, 7) is 6.05. The van der Waals surface area contributed by atoms with Crippen LogP contribution >= 0.6 is 0 Å². The average molecular weight is 501 g/mol. The Hall–Kier alpha value is -2.94. The number of amides is 2. The molecule has 0 aliphatic heterocycles. The maximum Gasteiger partial charge on any atom is 0.271 e. The summed E-state index contributed by atoms with van der Waals surface area (Å²) in [6, 6.07) is 3.04. The summed E-state index contributed by atoms with van der Waals surface area (Å²) in [4.78, 5) is 33.7. The molecule has 2 saturated carbocycles. The number of carbonyl (C=O) groups excluding carboxylic acids is 2. The van der Waals surface area contributed by atoms with Crippen molar-refractivity contribution in [2.75, 3.05) is 0 Å². The molecule has 2 fully saturated rings. The molecule has 7 nitrogen and oxygen atoms in total. The molecule has 9 heteroatoms. The largest absolute Gasteiger partial charge is 0.392 e. The normalized spacial score (nSPS) is 30.7. The van der Waals surface area contributed by atoms with E-state index >= 15 is 0 Å². The van der Waals surface area contributed by atoms with Crippen molar-refractivity contribution in [1.29, 1.82) is 0 Å². The van der Waals surface area contributed by atoms with Gasteiger partial charge in [-0.2, -0.15) is 0 Å². The van der Waals surface area contributed by atoms with Gasteiger partial charge < -0.3 is 15.7 Å². The van der Waals surface area contributed by atoms with Crippen LogP contribution in [0.25, 0.3) is 0 Å². The lowest BCUT2D eigenvalue weighted by Gasteiger charge is -2.56. The average Bonchev–Trinajstić information content (AvgIpc) is 2.84. The lowest BCUT2D eigenvalue weighted by Crippen LogP contribution is -2.58. The van der Waals surface area contributed by atoms with Crippen LogP contribution in [-0.4, -0.2) is 39.0 Å². The highest BCUT2D eigenvalue weighted by atomic mass is 19.1.